The van der Waals surface area contributed by atoms with E-state index in [9.17, 15) is 4.79 Å². The summed E-state index contributed by atoms with van der Waals surface area (Å²) in [4.78, 5) is 18.6. The quantitative estimate of drug-likeness (QED) is 0.867. The summed E-state index contributed by atoms with van der Waals surface area (Å²) in [6, 6.07) is 0.825. The summed E-state index contributed by atoms with van der Waals surface area (Å²) >= 11 is 1.44. The van der Waals surface area contributed by atoms with Gasteiger partial charge in [-0.1, -0.05) is 0 Å². The lowest BCUT2D eigenvalue weighted by atomic mass is 9.90. The minimum absolute atomic E-state index is 0. The molecule has 1 amide bonds. The Morgan fingerprint density at radius 3 is 2.76 bits per heavy atom. The first kappa shape index (κ1) is 20.6. The minimum atomic E-state index is -0.0691. The molecule has 5 nitrogen and oxygen atoms in total. The van der Waals surface area contributed by atoms with Gasteiger partial charge in [0.15, 0.2) is 0 Å². The van der Waals surface area contributed by atoms with Crippen molar-refractivity contribution in [3.05, 3.63) is 16.1 Å². The molecule has 1 fully saturated rings. The fraction of sp³-hybridized carbons (Fsp3) is 0.692. The van der Waals surface area contributed by atoms with Crippen LogP contribution in [0.1, 0.15) is 41.2 Å². The van der Waals surface area contributed by atoms with Gasteiger partial charge in [-0.25, -0.2) is 4.98 Å². The van der Waals surface area contributed by atoms with Gasteiger partial charge < -0.3 is 16.0 Å². The number of halogens is 2. The summed E-state index contributed by atoms with van der Waals surface area (Å²) in [5, 5.41) is 5.68. The fourth-order valence-electron chi connectivity index (χ4n) is 2.53. The highest BCUT2D eigenvalue weighted by Crippen LogP contribution is 2.22. The molecular weight excluding hydrogens is 331 g/mol. The van der Waals surface area contributed by atoms with Crippen LogP contribution in [0.5, 0.6) is 0 Å². The lowest BCUT2D eigenvalue weighted by Crippen LogP contribution is -2.43. The monoisotopic (exact) mass is 354 g/mol. The Hall–Kier alpha value is -0.400. The Kier molecular flexibility index (Phi) is 9.40. The smallest absolute Gasteiger partial charge is 0.270 e. The third-order valence-corrected chi connectivity index (χ3v) is 4.54. The van der Waals surface area contributed by atoms with Crippen molar-refractivity contribution in [2.75, 3.05) is 14.1 Å². The highest BCUT2D eigenvalue weighted by atomic mass is 35.5. The molecule has 0 radical (unpaired) electrons. The second-order valence-electron chi connectivity index (χ2n) is 5.29. The normalized spacial score (nSPS) is 21.3. The minimum Gasteiger partial charge on any atom is -0.348 e. The summed E-state index contributed by atoms with van der Waals surface area (Å²) in [5.41, 5.74) is 6.01. The van der Waals surface area contributed by atoms with E-state index in [1.165, 1.54) is 24.2 Å². The van der Waals surface area contributed by atoms with E-state index in [4.69, 9.17) is 5.73 Å². The Bertz CT molecular complexity index is 442. The van der Waals surface area contributed by atoms with Crippen molar-refractivity contribution in [3.8, 4) is 0 Å². The predicted molar refractivity (Wildman–Crippen MR) is 91.7 cm³/mol. The number of nitrogens with one attached hydrogen (secondary N) is 1. The van der Waals surface area contributed by atoms with Gasteiger partial charge in [-0.3, -0.25) is 4.79 Å². The van der Waals surface area contributed by atoms with Crippen LogP contribution in [-0.2, 0) is 6.54 Å². The number of rotatable bonds is 4. The Labute approximate surface area is 142 Å². The molecule has 2 unspecified atom stereocenters. The fourth-order valence-corrected chi connectivity index (χ4v) is 3.19. The Morgan fingerprint density at radius 2 is 2.19 bits per heavy atom. The number of nitrogens with two attached hydrogens (primary N) is 1. The molecule has 122 valence electrons. The number of amides is 1. The molecule has 3 N–H and O–H groups in total. The number of nitrogens with zero attached hydrogens (tertiary/aromatic N) is 2. The van der Waals surface area contributed by atoms with E-state index in [1.54, 1.807) is 5.38 Å². The highest BCUT2D eigenvalue weighted by Gasteiger charge is 2.25. The zero-order valence-electron chi connectivity index (χ0n) is 12.4. The zero-order chi connectivity index (χ0) is 13.8. The van der Waals surface area contributed by atoms with Crippen LogP contribution < -0.4 is 11.1 Å². The topological polar surface area (TPSA) is 71.2 Å². The number of carbonyl (C=O) groups excluding carboxylic acids is 1. The molecule has 1 saturated carbocycles. The van der Waals surface area contributed by atoms with Crippen LogP contribution in [0.4, 0.5) is 0 Å². The van der Waals surface area contributed by atoms with Gasteiger partial charge in [-0.2, -0.15) is 0 Å². The van der Waals surface area contributed by atoms with E-state index in [2.05, 4.69) is 29.3 Å². The molecule has 1 aromatic rings. The molecule has 8 heteroatoms. The molecule has 1 aliphatic carbocycles. The first-order valence-electron chi connectivity index (χ1n) is 6.72. The van der Waals surface area contributed by atoms with E-state index >= 15 is 0 Å². The van der Waals surface area contributed by atoms with Crippen LogP contribution in [0.25, 0.3) is 0 Å². The molecule has 1 aromatic heterocycles. The number of carbonyl (C=O) groups is 1. The van der Waals surface area contributed by atoms with Gasteiger partial charge in [0.25, 0.3) is 5.91 Å². The lowest BCUT2D eigenvalue weighted by Gasteiger charge is -2.33. The van der Waals surface area contributed by atoms with Gasteiger partial charge in [-0.15, -0.1) is 36.2 Å². The average Bonchev–Trinajstić information content (AvgIpc) is 2.88. The van der Waals surface area contributed by atoms with Crippen LogP contribution in [0.3, 0.4) is 0 Å². The van der Waals surface area contributed by atoms with Crippen molar-refractivity contribution in [2.45, 2.75) is 44.3 Å². The van der Waals surface area contributed by atoms with Gasteiger partial charge in [0.1, 0.15) is 10.7 Å². The van der Waals surface area contributed by atoms with Crippen LogP contribution in [0, 0.1) is 0 Å². The van der Waals surface area contributed by atoms with Crippen LogP contribution in [-0.4, -0.2) is 42.0 Å². The number of aromatic nitrogens is 1. The lowest BCUT2D eigenvalue weighted by molar-refractivity contribution is 0.0906. The van der Waals surface area contributed by atoms with E-state index in [0.717, 1.165) is 17.8 Å². The van der Waals surface area contributed by atoms with Crippen molar-refractivity contribution in [1.82, 2.24) is 15.2 Å². The van der Waals surface area contributed by atoms with Crippen LogP contribution in [0.2, 0.25) is 0 Å². The van der Waals surface area contributed by atoms with Crippen molar-refractivity contribution >= 4 is 42.1 Å². The number of thiazole rings is 1. The van der Waals surface area contributed by atoms with Crippen molar-refractivity contribution < 1.29 is 4.79 Å². The summed E-state index contributed by atoms with van der Waals surface area (Å²) in [7, 11) is 4.20. The summed E-state index contributed by atoms with van der Waals surface area (Å²) in [6.07, 6.45) is 4.46. The highest BCUT2D eigenvalue weighted by molar-refractivity contribution is 7.09. The van der Waals surface area contributed by atoms with Crippen molar-refractivity contribution in [2.24, 2.45) is 5.73 Å². The predicted octanol–water partition coefficient (Wildman–Crippen LogP) is 2.05. The van der Waals surface area contributed by atoms with E-state index in [1.807, 2.05) is 0 Å². The maximum atomic E-state index is 12.1. The van der Waals surface area contributed by atoms with E-state index < -0.39 is 0 Å². The molecule has 0 aromatic carbocycles. The molecule has 1 heterocycles. The third-order valence-electron chi connectivity index (χ3n) is 3.67. The molecule has 0 aliphatic heterocycles. The Morgan fingerprint density at radius 1 is 1.48 bits per heavy atom. The zero-order valence-corrected chi connectivity index (χ0v) is 14.8. The second-order valence-corrected chi connectivity index (χ2v) is 6.23. The molecular formula is C13H24Cl2N4OS. The molecule has 0 spiro atoms. The number of hydrogen-bond donors (Lipinski definition) is 2. The second kappa shape index (κ2) is 9.58. The van der Waals surface area contributed by atoms with Gasteiger partial charge in [-0.05, 0) is 39.8 Å². The van der Waals surface area contributed by atoms with E-state index in [0.29, 0.717) is 18.3 Å². The van der Waals surface area contributed by atoms with Crippen LogP contribution in [0.15, 0.2) is 5.38 Å². The third kappa shape index (κ3) is 5.71. The molecule has 2 atom stereocenters. The molecule has 1 aliphatic rings. The summed E-state index contributed by atoms with van der Waals surface area (Å²) in [6.45, 7) is 0.393. The first-order valence-corrected chi connectivity index (χ1v) is 7.60. The summed E-state index contributed by atoms with van der Waals surface area (Å²) in [5.74, 6) is -0.0691. The van der Waals surface area contributed by atoms with Gasteiger partial charge in [0.05, 0.1) is 0 Å². The average molecular weight is 355 g/mol. The molecule has 0 saturated heterocycles. The first-order chi connectivity index (χ1) is 9.10. The van der Waals surface area contributed by atoms with Crippen molar-refractivity contribution in [1.29, 1.82) is 0 Å². The van der Waals surface area contributed by atoms with Crippen LogP contribution >= 0.6 is 36.2 Å². The van der Waals surface area contributed by atoms with Gasteiger partial charge in [0.2, 0.25) is 0 Å². The van der Waals surface area contributed by atoms with Crippen molar-refractivity contribution in [3.63, 3.8) is 0 Å². The molecule has 21 heavy (non-hydrogen) atoms. The molecule has 2 rings (SSSR count). The number of hydrogen-bond acceptors (Lipinski definition) is 5. The molecule has 0 bridgehead atoms. The maximum absolute atomic E-state index is 12.1. The SMILES string of the molecule is CN(C)C1CCCC(NC(=O)c2csc(CN)n2)C1.Cl.Cl. The van der Waals surface area contributed by atoms with Gasteiger partial charge >= 0.3 is 0 Å². The van der Waals surface area contributed by atoms with Gasteiger partial charge in [0, 0.05) is 24.0 Å². The standard InChI is InChI=1S/C13H22N4OS.2ClH/c1-17(2)10-5-3-4-9(6-10)15-13(18)11-8-19-12(7-14)16-11;;/h8-10H,3-7,14H2,1-2H3,(H,15,18);2*1H. The van der Waals surface area contributed by atoms with E-state index in [-0.39, 0.29) is 36.8 Å². The Balaban J connectivity index is 0.00000200. The largest absolute Gasteiger partial charge is 0.348 e. The maximum Gasteiger partial charge on any atom is 0.270 e. The summed E-state index contributed by atoms with van der Waals surface area (Å²) < 4.78 is 0.